The van der Waals surface area contributed by atoms with Crippen LogP contribution in [0.4, 0.5) is 0 Å². The van der Waals surface area contributed by atoms with Crippen LogP contribution >= 0.6 is 0 Å². The Balaban J connectivity index is 2.87. The van der Waals surface area contributed by atoms with Crippen LogP contribution in [0.15, 0.2) is 24.9 Å². The Bertz CT molecular complexity index is 377. The molecule has 0 aliphatic carbocycles. The summed E-state index contributed by atoms with van der Waals surface area (Å²) in [6.07, 6.45) is 6.58. The lowest BCUT2D eigenvalue weighted by atomic mass is 10.2. The fourth-order valence-corrected chi connectivity index (χ4v) is 1.09. The van der Waals surface area contributed by atoms with Gasteiger partial charge in [0.25, 0.3) is 0 Å². The van der Waals surface area contributed by atoms with E-state index in [2.05, 4.69) is 11.7 Å². The first-order chi connectivity index (χ1) is 6.63. The Morgan fingerprint density at radius 1 is 1.79 bits per heavy atom. The minimum absolute atomic E-state index is 0.458. The van der Waals surface area contributed by atoms with Crippen molar-refractivity contribution >= 4 is 12.0 Å². The average Bonchev–Trinajstić information content (AvgIpc) is 2.44. The summed E-state index contributed by atoms with van der Waals surface area (Å²) in [6.45, 7) is 6.15. The molecule has 0 aliphatic rings. The first-order valence-corrected chi connectivity index (χ1v) is 4.26. The summed E-state index contributed by atoms with van der Waals surface area (Å²) in [5.74, 6) is -0.458. The second-order valence-corrected chi connectivity index (χ2v) is 2.92. The zero-order chi connectivity index (χ0) is 10.6. The van der Waals surface area contributed by atoms with E-state index in [9.17, 15) is 4.79 Å². The molecule has 0 fully saturated rings. The molecule has 74 valence electrons. The Kier molecular flexibility index (Phi) is 3.23. The number of allylic oxidation sites excluding steroid dienone is 1. The van der Waals surface area contributed by atoms with Gasteiger partial charge in [-0.25, -0.2) is 0 Å². The van der Waals surface area contributed by atoms with Crippen LogP contribution in [0.5, 0.6) is 0 Å². The maximum atomic E-state index is 10.5. The number of primary amides is 1. The van der Waals surface area contributed by atoms with Gasteiger partial charge in [0.05, 0.1) is 12.2 Å². The largest absolute Gasteiger partial charge is 0.366 e. The molecule has 1 aromatic rings. The fraction of sp³-hybridized carbons (Fsp3) is 0.200. The van der Waals surface area contributed by atoms with Gasteiger partial charge in [0.2, 0.25) is 5.91 Å². The summed E-state index contributed by atoms with van der Waals surface area (Å²) in [4.78, 5) is 10.5. The monoisotopic (exact) mass is 191 g/mol. The van der Waals surface area contributed by atoms with E-state index in [1.807, 2.05) is 13.1 Å². The fourth-order valence-electron chi connectivity index (χ4n) is 1.09. The summed E-state index contributed by atoms with van der Waals surface area (Å²) in [6, 6.07) is 0. The second kappa shape index (κ2) is 4.41. The number of aromatic nitrogens is 2. The van der Waals surface area contributed by atoms with Crippen LogP contribution in [0.1, 0.15) is 11.3 Å². The van der Waals surface area contributed by atoms with E-state index < -0.39 is 5.91 Å². The number of carbonyl (C=O) groups is 1. The number of amides is 1. The minimum Gasteiger partial charge on any atom is -0.366 e. The van der Waals surface area contributed by atoms with Gasteiger partial charge >= 0.3 is 0 Å². The third-order valence-corrected chi connectivity index (χ3v) is 1.73. The predicted molar refractivity (Wildman–Crippen MR) is 55.4 cm³/mol. The van der Waals surface area contributed by atoms with Crippen molar-refractivity contribution in [2.24, 2.45) is 5.73 Å². The normalized spacial score (nSPS) is 10.6. The molecule has 0 saturated carbocycles. The van der Waals surface area contributed by atoms with E-state index in [0.717, 1.165) is 11.3 Å². The average molecular weight is 191 g/mol. The SMILES string of the molecule is C=CCn1cc(/C=C\C(N)=O)c(C)n1. The number of aryl methyl sites for hydroxylation is 1. The lowest BCUT2D eigenvalue weighted by molar-refractivity contribution is -0.113. The molecule has 4 heteroatoms. The molecular formula is C10H13N3O. The van der Waals surface area contributed by atoms with Crippen LogP contribution in [0, 0.1) is 6.92 Å². The highest BCUT2D eigenvalue weighted by molar-refractivity contribution is 5.90. The minimum atomic E-state index is -0.458. The number of carbonyl (C=O) groups excluding carboxylic acids is 1. The van der Waals surface area contributed by atoms with Crippen LogP contribution in [0.2, 0.25) is 0 Å². The number of hydrogen-bond acceptors (Lipinski definition) is 2. The van der Waals surface area contributed by atoms with Crippen molar-refractivity contribution < 1.29 is 4.79 Å². The smallest absolute Gasteiger partial charge is 0.241 e. The van der Waals surface area contributed by atoms with E-state index in [1.54, 1.807) is 16.8 Å². The standard InChI is InChI=1S/C10H13N3O/c1-3-6-13-7-9(8(2)12-13)4-5-10(11)14/h3-5,7H,1,6H2,2H3,(H2,11,14)/b5-4-. The van der Waals surface area contributed by atoms with Gasteiger partial charge in [-0.2, -0.15) is 5.10 Å². The van der Waals surface area contributed by atoms with Gasteiger partial charge in [-0.05, 0) is 13.0 Å². The second-order valence-electron chi connectivity index (χ2n) is 2.92. The molecule has 1 heterocycles. The highest BCUT2D eigenvalue weighted by Crippen LogP contribution is 2.07. The molecule has 0 aromatic carbocycles. The maximum absolute atomic E-state index is 10.5. The molecule has 14 heavy (non-hydrogen) atoms. The topological polar surface area (TPSA) is 60.9 Å². The van der Waals surface area contributed by atoms with Crippen molar-refractivity contribution in [2.75, 3.05) is 0 Å². The Morgan fingerprint density at radius 2 is 2.50 bits per heavy atom. The van der Waals surface area contributed by atoms with Crippen molar-refractivity contribution in [3.05, 3.63) is 36.2 Å². The van der Waals surface area contributed by atoms with Gasteiger partial charge in [0.1, 0.15) is 0 Å². The first kappa shape index (κ1) is 10.2. The van der Waals surface area contributed by atoms with E-state index >= 15 is 0 Å². The molecule has 0 aliphatic heterocycles. The molecule has 0 radical (unpaired) electrons. The van der Waals surface area contributed by atoms with Gasteiger partial charge in [-0.3, -0.25) is 9.48 Å². The van der Waals surface area contributed by atoms with Crippen molar-refractivity contribution in [3.63, 3.8) is 0 Å². The Labute approximate surface area is 82.7 Å². The predicted octanol–water partition coefficient (Wildman–Crippen LogP) is 0.876. The van der Waals surface area contributed by atoms with E-state index in [4.69, 9.17) is 5.73 Å². The zero-order valence-electron chi connectivity index (χ0n) is 8.10. The maximum Gasteiger partial charge on any atom is 0.241 e. The molecule has 1 amide bonds. The number of nitrogens with two attached hydrogens (primary N) is 1. The molecule has 0 atom stereocenters. The Morgan fingerprint density at radius 3 is 3.07 bits per heavy atom. The summed E-state index contributed by atoms with van der Waals surface area (Å²) in [5, 5.41) is 4.22. The molecule has 1 rings (SSSR count). The van der Waals surface area contributed by atoms with Crippen LogP contribution < -0.4 is 5.73 Å². The molecule has 2 N–H and O–H groups in total. The lowest BCUT2D eigenvalue weighted by Crippen LogP contribution is -2.05. The van der Waals surface area contributed by atoms with E-state index in [-0.39, 0.29) is 0 Å². The van der Waals surface area contributed by atoms with Crippen molar-refractivity contribution in [3.8, 4) is 0 Å². The molecular weight excluding hydrogens is 178 g/mol. The van der Waals surface area contributed by atoms with Crippen LogP contribution in [0.25, 0.3) is 6.08 Å². The summed E-state index contributed by atoms with van der Waals surface area (Å²) < 4.78 is 1.75. The van der Waals surface area contributed by atoms with Gasteiger partial charge in [-0.1, -0.05) is 6.08 Å². The first-order valence-electron chi connectivity index (χ1n) is 4.26. The number of hydrogen-bond donors (Lipinski definition) is 1. The molecule has 1 aromatic heterocycles. The molecule has 0 spiro atoms. The van der Waals surface area contributed by atoms with Crippen LogP contribution in [-0.4, -0.2) is 15.7 Å². The van der Waals surface area contributed by atoms with Crippen molar-refractivity contribution in [2.45, 2.75) is 13.5 Å². The molecule has 0 unspecified atom stereocenters. The highest BCUT2D eigenvalue weighted by atomic mass is 16.1. The zero-order valence-corrected chi connectivity index (χ0v) is 8.10. The van der Waals surface area contributed by atoms with Gasteiger partial charge in [-0.15, -0.1) is 6.58 Å². The van der Waals surface area contributed by atoms with Gasteiger partial charge in [0.15, 0.2) is 0 Å². The van der Waals surface area contributed by atoms with E-state index in [0.29, 0.717) is 6.54 Å². The number of rotatable bonds is 4. The Hall–Kier alpha value is -1.84. The quantitative estimate of drug-likeness (QED) is 0.567. The number of nitrogens with zero attached hydrogens (tertiary/aromatic N) is 2. The van der Waals surface area contributed by atoms with E-state index in [1.165, 1.54) is 6.08 Å². The van der Waals surface area contributed by atoms with Gasteiger partial charge < -0.3 is 5.73 Å². The molecule has 0 saturated heterocycles. The van der Waals surface area contributed by atoms with Crippen LogP contribution in [-0.2, 0) is 11.3 Å². The van der Waals surface area contributed by atoms with Crippen molar-refractivity contribution in [1.29, 1.82) is 0 Å². The summed E-state index contributed by atoms with van der Waals surface area (Å²) in [7, 11) is 0. The van der Waals surface area contributed by atoms with Crippen LogP contribution in [0.3, 0.4) is 0 Å². The summed E-state index contributed by atoms with van der Waals surface area (Å²) in [5.41, 5.74) is 6.75. The molecule has 4 nitrogen and oxygen atoms in total. The lowest BCUT2D eigenvalue weighted by Gasteiger charge is -1.90. The third kappa shape index (κ3) is 2.58. The summed E-state index contributed by atoms with van der Waals surface area (Å²) >= 11 is 0. The van der Waals surface area contributed by atoms with Gasteiger partial charge in [0, 0.05) is 17.8 Å². The third-order valence-electron chi connectivity index (χ3n) is 1.73. The molecule has 0 bridgehead atoms. The van der Waals surface area contributed by atoms with Crippen molar-refractivity contribution in [1.82, 2.24) is 9.78 Å². The highest BCUT2D eigenvalue weighted by Gasteiger charge is 2.00.